The second-order valence-electron chi connectivity index (χ2n) is 7.46. The van der Waals surface area contributed by atoms with Crippen LogP contribution in [-0.2, 0) is 0 Å². The quantitative estimate of drug-likeness (QED) is 0.437. The van der Waals surface area contributed by atoms with Gasteiger partial charge in [0.2, 0.25) is 0 Å². The van der Waals surface area contributed by atoms with Gasteiger partial charge in [-0.15, -0.1) is 0 Å². The van der Waals surface area contributed by atoms with Crippen LogP contribution in [0.5, 0.6) is 0 Å². The Hall–Kier alpha value is -4.14. The molecule has 0 saturated carbocycles. The van der Waals surface area contributed by atoms with Crippen LogP contribution in [0.4, 0.5) is 10.2 Å². The van der Waals surface area contributed by atoms with Crippen LogP contribution in [0, 0.1) is 12.7 Å². The van der Waals surface area contributed by atoms with Crippen molar-refractivity contribution in [2.45, 2.75) is 26.3 Å². The van der Waals surface area contributed by atoms with Gasteiger partial charge in [-0.2, -0.15) is 0 Å². The first-order valence-corrected chi connectivity index (χ1v) is 10.3. The Morgan fingerprint density at radius 2 is 1.97 bits per heavy atom. The van der Waals surface area contributed by atoms with E-state index in [-0.39, 0.29) is 11.2 Å². The molecule has 0 fully saturated rings. The predicted octanol–water partition coefficient (Wildman–Crippen LogP) is 4.06. The Morgan fingerprint density at radius 1 is 1.12 bits per heavy atom. The summed E-state index contributed by atoms with van der Waals surface area (Å²) < 4.78 is 16.2. The van der Waals surface area contributed by atoms with Crippen molar-refractivity contribution in [2.75, 3.05) is 5.32 Å². The first-order chi connectivity index (χ1) is 15.6. The molecule has 0 aliphatic rings. The van der Waals surface area contributed by atoms with Gasteiger partial charge < -0.3 is 10.3 Å². The fraction of sp³-hybridized carbons (Fsp3) is 0.174. The molecule has 160 valence electrons. The van der Waals surface area contributed by atoms with Crippen molar-refractivity contribution in [1.82, 2.24) is 29.5 Å². The summed E-state index contributed by atoms with van der Waals surface area (Å²) in [6, 6.07) is 11.3. The topological polar surface area (TPSA) is 101 Å². The van der Waals surface area contributed by atoms with Crippen LogP contribution in [0.2, 0.25) is 0 Å². The van der Waals surface area contributed by atoms with Crippen LogP contribution in [0.1, 0.15) is 30.8 Å². The number of rotatable bonds is 5. The Morgan fingerprint density at radius 3 is 2.78 bits per heavy atom. The van der Waals surface area contributed by atoms with Crippen molar-refractivity contribution >= 4 is 27.9 Å². The molecule has 0 bridgehead atoms. The minimum Gasteiger partial charge on any atom is -0.358 e. The molecule has 2 aromatic carbocycles. The Labute approximate surface area is 182 Å². The highest BCUT2D eigenvalue weighted by Gasteiger charge is 2.23. The van der Waals surface area contributed by atoms with Gasteiger partial charge in [0, 0.05) is 0 Å². The molecule has 0 spiro atoms. The normalized spacial score (nSPS) is 12.3. The number of nitrogens with zero attached hydrogens (tertiary/aromatic N) is 5. The summed E-state index contributed by atoms with van der Waals surface area (Å²) >= 11 is 0. The van der Waals surface area contributed by atoms with E-state index in [4.69, 9.17) is 4.98 Å². The zero-order chi connectivity index (χ0) is 22.2. The van der Waals surface area contributed by atoms with E-state index in [2.05, 4.69) is 25.3 Å². The highest BCUT2D eigenvalue weighted by Crippen LogP contribution is 2.27. The van der Waals surface area contributed by atoms with Gasteiger partial charge in [0.15, 0.2) is 11.5 Å². The number of benzene rings is 2. The minimum atomic E-state index is -0.501. The zero-order valence-electron chi connectivity index (χ0n) is 17.5. The van der Waals surface area contributed by atoms with E-state index in [1.165, 1.54) is 23.3 Å². The number of H-pyrrole nitrogens is 1. The Kier molecular flexibility index (Phi) is 4.85. The Balaban J connectivity index is 1.76. The number of aromatic amines is 1. The first-order valence-electron chi connectivity index (χ1n) is 10.3. The van der Waals surface area contributed by atoms with Crippen LogP contribution >= 0.6 is 0 Å². The summed E-state index contributed by atoms with van der Waals surface area (Å²) in [6.07, 6.45) is 3.52. The zero-order valence-corrected chi connectivity index (χ0v) is 17.5. The van der Waals surface area contributed by atoms with E-state index in [0.29, 0.717) is 40.1 Å². The molecule has 1 unspecified atom stereocenters. The molecule has 0 amide bonds. The van der Waals surface area contributed by atoms with Gasteiger partial charge in [0.1, 0.15) is 23.5 Å². The summed E-state index contributed by atoms with van der Waals surface area (Å²) in [5.41, 5.74) is 2.34. The minimum absolute atomic E-state index is 0.153. The summed E-state index contributed by atoms with van der Waals surface area (Å²) in [4.78, 5) is 34.1. The largest absolute Gasteiger partial charge is 0.358 e. The van der Waals surface area contributed by atoms with Crippen molar-refractivity contribution in [3.8, 4) is 5.69 Å². The number of aryl methyl sites for hydroxylation is 1. The van der Waals surface area contributed by atoms with Gasteiger partial charge >= 0.3 is 0 Å². The second-order valence-corrected chi connectivity index (χ2v) is 7.46. The monoisotopic (exact) mass is 429 g/mol. The number of aromatic nitrogens is 6. The van der Waals surface area contributed by atoms with Crippen LogP contribution in [0.15, 0.2) is 59.9 Å². The summed E-state index contributed by atoms with van der Waals surface area (Å²) in [5.74, 6) is 0.420. The number of halogens is 1. The van der Waals surface area contributed by atoms with E-state index in [1.807, 2.05) is 26.0 Å². The van der Waals surface area contributed by atoms with Crippen molar-refractivity contribution in [3.05, 3.63) is 82.7 Å². The average molecular weight is 429 g/mol. The highest BCUT2D eigenvalue weighted by atomic mass is 19.1. The fourth-order valence-electron chi connectivity index (χ4n) is 3.90. The summed E-state index contributed by atoms with van der Waals surface area (Å²) in [6.45, 7) is 3.81. The number of hydrogen-bond donors (Lipinski definition) is 2. The van der Waals surface area contributed by atoms with Crippen molar-refractivity contribution in [3.63, 3.8) is 0 Å². The van der Waals surface area contributed by atoms with E-state index in [1.54, 1.807) is 24.3 Å². The standard InChI is InChI=1S/C23H20FN7O/c1-3-15(29-21-19-20(26-11-25-19)27-12-28-21)22-30-16-9-6-7-13(2)18(16)23(32)31(22)17-10-5-4-8-14(17)24/h4-12,15H,3H2,1-2H3,(H2,25,26,27,28,29). The van der Waals surface area contributed by atoms with Gasteiger partial charge in [0.05, 0.1) is 29.0 Å². The number of fused-ring (bicyclic) bond motifs is 2. The molecule has 3 heterocycles. The van der Waals surface area contributed by atoms with Crippen LogP contribution in [0.3, 0.4) is 0 Å². The van der Waals surface area contributed by atoms with E-state index < -0.39 is 11.9 Å². The van der Waals surface area contributed by atoms with Crippen LogP contribution in [0.25, 0.3) is 27.8 Å². The lowest BCUT2D eigenvalue weighted by Crippen LogP contribution is -2.29. The maximum Gasteiger partial charge on any atom is 0.266 e. The average Bonchev–Trinajstić information content (AvgIpc) is 3.28. The van der Waals surface area contributed by atoms with Crippen LogP contribution < -0.4 is 10.9 Å². The first kappa shape index (κ1) is 19.8. The molecule has 32 heavy (non-hydrogen) atoms. The van der Waals surface area contributed by atoms with Gasteiger partial charge in [-0.3, -0.25) is 9.36 Å². The van der Waals surface area contributed by atoms with Crippen molar-refractivity contribution in [1.29, 1.82) is 0 Å². The lowest BCUT2D eigenvalue weighted by molar-refractivity contribution is 0.599. The van der Waals surface area contributed by atoms with E-state index in [0.717, 1.165) is 5.56 Å². The van der Waals surface area contributed by atoms with Gasteiger partial charge in [-0.25, -0.2) is 24.3 Å². The number of imidazole rings is 1. The fourth-order valence-corrected chi connectivity index (χ4v) is 3.90. The third kappa shape index (κ3) is 3.18. The molecule has 0 aliphatic heterocycles. The molecule has 1 atom stereocenters. The lowest BCUT2D eigenvalue weighted by atomic mass is 10.1. The third-order valence-electron chi connectivity index (χ3n) is 5.48. The molecule has 9 heteroatoms. The van der Waals surface area contributed by atoms with Gasteiger partial charge in [0.25, 0.3) is 5.56 Å². The highest BCUT2D eigenvalue weighted by molar-refractivity contribution is 5.83. The third-order valence-corrected chi connectivity index (χ3v) is 5.48. The van der Waals surface area contributed by atoms with Crippen LogP contribution in [-0.4, -0.2) is 29.5 Å². The van der Waals surface area contributed by atoms with Crippen molar-refractivity contribution in [2.24, 2.45) is 0 Å². The molecule has 2 N–H and O–H groups in total. The molecular formula is C23H20FN7O. The lowest BCUT2D eigenvalue weighted by Gasteiger charge is -2.22. The predicted molar refractivity (Wildman–Crippen MR) is 120 cm³/mol. The molecule has 0 aliphatic carbocycles. The smallest absolute Gasteiger partial charge is 0.266 e. The summed E-state index contributed by atoms with van der Waals surface area (Å²) in [5, 5.41) is 3.81. The molecular weight excluding hydrogens is 409 g/mol. The number of anilines is 1. The van der Waals surface area contributed by atoms with E-state index >= 15 is 0 Å². The molecule has 8 nitrogen and oxygen atoms in total. The number of hydrogen-bond acceptors (Lipinski definition) is 6. The number of nitrogens with one attached hydrogen (secondary N) is 2. The SMILES string of the molecule is CCC(Nc1ncnc2nc[nH]c12)c1nc2cccc(C)c2c(=O)n1-c1ccccc1F. The Bertz CT molecular complexity index is 1510. The van der Waals surface area contributed by atoms with Gasteiger partial charge in [-0.05, 0) is 37.1 Å². The maximum absolute atomic E-state index is 14.9. The summed E-state index contributed by atoms with van der Waals surface area (Å²) in [7, 11) is 0. The molecule has 0 saturated heterocycles. The maximum atomic E-state index is 14.9. The molecule has 5 aromatic rings. The molecule has 5 rings (SSSR count). The van der Waals surface area contributed by atoms with E-state index in [9.17, 15) is 9.18 Å². The van der Waals surface area contributed by atoms with Gasteiger partial charge in [-0.1, -0.05) is 31.2 Å². The second kappa shape index (κ2) is 7.84. The molecule has 0 radical (unpaired) electrons. The molecule has 3 aromatic heterocycles. The number of para-hydroxylation sites is 1. The van der Waals surface area contributed by atoms with Crippen molar-refractivity contribution < 1.29 is 4.39 Å².